The molecule has 1 N–H and O–H groups in total. The van der Waals surface area contributed by atoms with E-state index >= 15 is 0 Å². The van der Waals surface area contributed by atoms with Crippen molar-refractivity contribution in [3.05, 3.63) is 108 Å². The van der Waals surface area contributed by atoms with Crippen LogP contribution in [0, 0.1) is 0 Å². The number of nitrogens with one attached hydrogen (secondary N) is 1. The molecule has 0 unspecified atom stereocenters. The summed E-state index contributed by atoms with van der Waals surface area (Å²) < 4.78 is 36.8. The molecule has 41 heavy (non-hydrogen) atoms. The average molecular weight is 564 g/mol. The first kappa shape index (κ1) is 30.7. The number of benzene rings is 3. The van der Waals surface area contributed by atoms with Crippen LogP contribution in [0.1, 0.15) is 37.5 Å². The van der Waals surface area contributed by atoms with E-state index in [4.69, 9.17) is 28.4 Å². The molecule has 0 aliphatic carbocycles. The Morgan fingerprint density at radius 3 is 1.73 bits per heavy atom. The first-order valence-electron chi connectivity index (χ1n) is 13.9. The summed E-state index contributed by atoms with van der Waals surface area (Å²) in [5, 5.41) is 2.94. The minimum atomic E-state index is -0.829. The van der Waals surface area contributed by atoms with Gasteiger partial charge in [-0.25, -0.2) is 4.79 Å². The van der Waals surface area contributed by atoms with E-state index in [2.05, 4.69) is 5.32 Å². The Labute approximate surface area is 242 Å². The van der Waals surface area contributed by atoms with E-state index in [1.54, 1.807) is 0 Å². The van der Waals surface area contributed by atoms with Gasteiger partial charge in [0.1, 0.15) is 30.0 Å². The van der Waals surface area contributed by atoms with E-state index in [1.165, 1.54) is 7.11 Å². The van der Waals surface area contributed by atoms with Crippen LogP contribution in [0.15, 0.2) is 91.0 Å². The smallest absolute Gasteiger partial charge is 0.408 e. The number of alkyl carbamates (subject to hydrolysis) is 1. The summed E-state index contributed by atoms with van der Waals surface area (Å²) in [5.41, 5.74) is 2.36. The summed E-state index contributed by atoms with van der Waals surface area (Å²) in [6.45, 7) is 6.72. The SMILES string of the molecule is CO[C@H]1O[C@H](COCc2ccccc2)[C@@H](OCc2ccccc2)[C@H](OCc2ccccc2)[C@H]1NC(=O)OC(C)(C)C. The molecule has 220 valence electrons. The van der Waals surface area contributed by atoms with Gasteiger partial charge in [-0.2, -0.15) is 0 Å². The van der Waals surface area contributed by atoms with Crippen molar-refractivity contribution in [3.8, 4) is 0 Å². The maximum absolute atomic E-state index is 12.9. The third kappa shape index (κ3) is 9.66. The number of hydrogen-bond donors (Lipinski definition) is 1. The van der Waals surface area contributed by atoms with Crippen molar-refractivity contribution >= 4 is 6.09 Å². The molecule has 1 fully saturated rings. The second-order valence-corrected chi connectivity index (χ2v) is 11.0. The molecule has 1 saturated heterocycles. The molecule has 4 rings (SSSR count). The number of hydrogen-bond acceptors (Lipinski definition) is 7. The fraction of sp³-hybridized carbons (Fsp3) is 0.424. The Balaban J connectivity index is 1.59. The lowest BCUT2D eigenvalue weighted by atomic mass is 9.96. The van der Waals surface area contributed by atoms with Gasteiger partial charge in [-0.15, -0.1) is 0 Å². The van der Waals surface area contributed by atoms with Gasteiger partial charge in [0.05, 0.1) is 26.4 Å². The predicted molar refractivity (Wildman–Crippen MR) is 155 cm³/mol. The normalized spacial score (nSPS) is 22.7. The number of carbonyl (C=O) groups is 1. The average Bonchev–Trinajstić information content (AvgIpc) is 2.96. The molecule has 1 aliphatic rings. The Hall–Kier alpha value is -3.27. The summed E-state index contributed by atoms with van der Waals surface area (Å²) >= 11 is 0. The van der Waals surface area contributed by atoms with Crippen molar-refractivity contribution in [2.75, 3.05) is 13.7 Å². The van der Waals surface area contributed by atoms with Crippen LogP contribution in [-0.4, -0.2) is 56.1 Å². The number of methoxy groups -OCH3 is 1. The van der Waals surface area contributed by atoms with Crippen LogP contribution in [-0.2, 0) is 48.2 Å². The number of carbonyl (C=O) groups excluding carboxylic acids is 1. The van der Waals surface area contributed by atoms with Gasteiger partial charge in [0.15, 0.2) is 6.29 Å². The first-order valence-corrected chi connectivity index (χ1v) is 13.9. The molecule has 1 aliphatic heterocycles. The van der Waals surface area contributed by atoms with E-state index in [9.17, 15) is 4.79 Å². The van der Waals surface area contributed by atoms with Crippen LogP contribution < -0.4 is 5.32 Å². The lowest BCUT2D eigenvalue weighted by Crippen LogP contribution is -2.66. The Morgan fingerprint density at radius 1 is 0.756 bits per heavy atom. The van der Waals surface area contributed by atoms with Crippen LogP contribution in [0.2, 0.25) is 0 Å². The molecule has 3 aromatic rings. The molecule has 0 bridgehead atoms. The molecule has 0 spiro atoms. The highest BCUT2D eigenvalue weighted by Gasteiger charge is 2.49. The van der Waals surface area contributed by atoms with Crippen molar-refractivity contribution in [2.45, 2.75) is 76.8 Å². The summed E-state index contributed by atoms with van der Waals surface area (Å²) in [6.07, 6.45) is -3.20. The summed E-state index contributed by atoms with van der Waals surface area (Å²) in [6, 6.07) is 29.0. The highest BCUT2D eigenvalue weighted by atomic mass is 16.7. The topological polar surface area (TPSA) is 84.5 Å². The standard InChI is InChI=1S/C33H41NO7/c1-33(2,3)41-32(35)34-28-30(39-22-26-18-12-7-13-19-26)29(38-21-25-16-10-6-11-17-25)27(40-31(28)36-4)23-37-20-24-14-8-5-9-15-24/h5-19,27-31H,20-23H2,1-4H3,(H,34,35)/t27-,28-,29-,30-,31+/m1/s1. The van der Waals surface area contributed by atoms with Crippen LogP contribution in [0.25, 0.3) is 0 Å². The maximum Gasteiger partial charge on any atom is 0.408 e. The molecule has 1 heterocycles. The lowest BCUT2D eigenvalue weighted by molar-refractivity contribution is -0.284. The van der Waals surface area contributed by atoms with Gasteiger partial charge in [-0.3, -0.25) is 0 Å². The monoisotopic (exact) mass is 563 g/mol. The van der Waals surface area contributed by atoms with Gasteiger partial charge in [0.25, 0.3) is 0 Å². The minimum Gasteiger partial charge on any atom is -0.444 e. The zero-order chi connectivity index (χ0) is 29.1. The van der Waals surface area contributed by atoms with Crippen molar-refractivity contribution < 1.29 is 33.2 Å². The third-order valence-electron chi connectivity index (χ3n) is 6.53. The molecule has 1 amide bonds. The van der Waals surface area contributed by atoms with E-state index in [1.807, 2.05) is 112 Å². The molecular formula is C33H41NO7. The Kier molecular flexibility index (Phi) is 11.3. The van der Waals surface area contributed by atoms with Gasteiger partial charge in [0.2, 0.25) is 0 Å². The molecule has 8 heteroatoms. The fourth-order valence-electron chi connectivity index (χ4n) is 4.64. The van der Waals surface area contributed by atoms with Crippen molar-refractivity contribution in [2.24, 2.45) is 0 Å². The van der Waals surface area contributed by atoms with Gasteiger partial charge in [0, 0.05) is 7.11 Å². The highest BCUT2D eigenvalue weighted by Crippen LogP contribution is 2.29. The van der Waals surface area contributed by atoms with E-state index in [0.717, 1.165) is 16.7 Å². The molecule has 0 saturated carbocycles. The zero-order valence-electron chi connectivity index (χ0n) is 24.2. The molecule has 5 atom stereocenters. The maximum atomic E-state index is 12.9. The third-order valence-corrected chi connectivity index (χ3v) is 6.53. The summed E-state index contributed by atoms with van der Waals surface area (Å²) in [4.78, 5) is 12.9. The summed E-state index contributed by atoms with van der Waals surface area (Å²) in [5.74, 6) is 0. The molecular weight excluding hydrogens is 522 g/mol. The van der Waals surface area contributed by atoms with Crippen LogP contribution in [0.3, 0.4) is 0 Å². The van der Waals surface area contributed by atoms with Gasteiger partial charge in [-0.05, 0) is 37.5 Å². The molecule has 0 aromatic heterocycles. The van der Waals surface area contributed by atoms with Crippen LogP contribution in [0.5, 0.6) is 0 Å². The zero-order valence-corrected chi connectivity index (χ0v) is 24.2. The second-order valence-electron chi connectivity index (χ2n) is 11.0. The van der Waals surface area contributed by atoms with Gasteiger partial charge >= 0.3 is 6.09 Å². The largest absolute Gasteiger partial charge is 0.444 e. The fourth-order valence-corrected chi connectivity index (χ4v) is 4.64. The van der Waals surface area contributed by atoms with Crippen LogP contribution in [0.4, 0.5) is 4.79 Å². The first-order chi connectivity index (χ1) is 19.8. The summed E-state index contributed by atoms with van der Waals surface area (Å²) in [7, 11) is 1.54. The predicted octanol–water partition coefficient (Wildman–Crippen LogP) is 5.64. The molecule has 0 radical (unpaired) electrons. The van der Waals surface area contributed by atoms with E-state index in [-0.39, 0.29) is 6.61 Å². The van der Waals surface area contributed by atoms with E-state index < -0.39 is 42.3 Å². The Morgan fingerprint density at radius 2 is 1.24 bits per heavy atom. The van der Waals surface area contributed by atoms with Crippen LogP contribution >= 0.6 is 0 Å². The van der Waals surface area contributed by atoms with Gasteiger partial charge < -0.3 is 33.7 Å². The quantitative estimate of drug-likeness (QED) is 0.305. The number of rotatable bonds is 12. The number of amides is 1. The molecule has 3 aromatic carbocycles. The van der Waals surface area contributed by atoms with Crippen molar-refractivity contribution in [1.29, 1.82) is 0 Å². The van der Waals surface area contributed by atoms with Crippen molar-refractivity contribution in [1.82, 2.24) is 5.32 Å². The van der Waals surface area contributed by atoms with Crippen molar-refractivity contribution in [3.63, 3.8) is 0 Å². The lowest BCUT2D eigenvalue weighted by Gasteiger charge is -2.46. The minimum absolute atomic E-state index is 0.235. The second kappa shape index (κ2) is 15.1. The highest BCUT2D eigenvalue weighted by molar-refractivity contribution is 5.68. The molecule has 8 nitrogen and oxygen atoms in total. The Bertz CT molecular complexity index is 1170. The van der Waals surface area contributed by atoms with E-state index in [0.29, 0.717) is 19.8 Å². The van der Waals surface area contributed by atoms with Gasteiger partial charge in [-0.1, -0.05) is 91.0 Å². The number of ether oxygens (including phenoxy) is 6.